The summed E-state index contributed by atoms with van der Waals surface area (Å²) < 4.78 is 0. The lowest BCUT2D eigenvalue weighted by Gasteiger charge is -2.19. The van der Waals surface area contributed by atoms with E-state index < -0.39 is 73.1 Å². The second-order valence-electron chi connectivity index (χ2n) is 5.89. The number of carbonyl (C=O) groups excluding carboxylic acids is 4. The lowest BCUT2D eigenvalue weighted by atomic mass is 10.1. The van der Waals surface area contributed by atoms with E-state index in [-0.39, 0.29) is 0 Å². The maximum atomic E-state index is 12.1. The maximum absolute atomic E-state index is 12.1. The van der Waals surface area contributed by atoms with Gasteiger partial charge in [0.25, 0.3) is 0 Å². The van der Waals surface area contributed by atoms with Crippen molar-refractivity contribution in [3.63, 3.8) is 0 Å². The van der Waals surface area contributed by atoms with Crippen molar-refractivity contribution in [2.45, 2.75) is 37.4 Å². The Morgan fingerprint density at radius 3 is 2.07 bits per heavy atom. The summed E-state index contributed by atoms with van der Waals surface area (Å²) in [5, 5.41) is 24.1. The Kier molecular flexibility index (Phi) is 12.0. The predicted molar refractivity (Wildman–Crippen MR) is 102 cm³/mol. The molecule has 3 unspecified atom stereocenters. The van der Waals surface area contributed by atoms with E-state index in [2.05, 4.69) is 10.6 Å². The van der Waals surface area contributed by atoms with Gasteiger partial charge in [0.1, 0.15) is 12.1 Å². The third-order valence-corrected chi connectivity index (χ3v) is 4.09. The summed E-state index contributed by atoms with van der Waals surface area (Å²) in [5.41, 5.74) is 10.6. The second-order valence-corrected chi connectivity index (χ2v) is 6.88. The Morgan fingerprint density at radius 1 is 0.966 bits per heavy atom. The molecule has 0 aliphatic carbocycles. The Bertz CT molecular complexity index is 644. The van der Waals surface area contributed by atoms with E-state index in [0.29, 0.717) is 12.2 Å². The minimum atomic E-state index is -1.58. The summed E-state index contributed by atoms with van der Waals surface area (Å²) in [6.07, 6.45) is 0.719. The van der Waals surface area contributed by atoms with Gasteiger partial charge < -0.3 is 37.6 Å². The zero-order valence-electron chi connectivity index (χ0n) is 15.7. The maximum Gasteiger partial charge on any atom is 0.326 e. The van der Waals surface area contributed by atoms with Gasteiger partial charge in [0.05, 0.1) is 25.4 Å². The first-order chi connectivity index (χ1) is 13.5. The van der Waals surface area contributed by atoms with E-state index in [4.69, 9.17) is 21.7 Å². The van der Waals surface area contributed by atoms with Crippen LogP contribution >= 0.6 is 11.8 Å². The highest BCUT2D eigenvalue weighted by atomic mass is 32.2. The third-order valence-electron chi connectivity index (χ3n) is 3.44. The van der Waals surface area contributed by atoms with E-state index in [1.165, 1.54) is 11.8 Å². The van der Waals surface area contributed by atoms with Crippen LogP contribution in [0.3, 0.4) is 0 Å². The van der Waals surface area contributed by atoms with Crippen molar-refractivity contribution in [2.75, 3.05) is 18.6 Å². The van der Waals surface area contributed by atoms with E-state index in [0.717, 1.165) is 0 Å². The van der Waals surface area contributed by atoms with Gasteiger partial charge in [0.15, 0.2) is 0 Å². The first kappa shape index (κ1) is 26.1. The van der Waals surface area contributed by atoms with Gasteiger partial charge in [0.2, 0.25) is 23.6 Å². The van der Waals surface area contributed by atoms with Crippen LogP contribution < -0.4 is 27.4 Å². The van der Waals surface area contributed by atoms with Crippen LogP contribution in [0.15, 0.2) is 0 Å². The summed E-state index contributed by atoms with van der Waals surface area (Å²) in [5.74, 6) is -5.90. The molecule has 0 fully saturated rings. The minimum absolute atomic E-state index is 0.313. The number of carboxylic acid groups (broad SMARTS) is 2. The monoisotopic (exact) mass is 435 g/mol. The first-order valence-electron chi connectivity index (χ1n) is 8.32. The number of thioether (sulfide) groups is 1. The molecule has 0 saturated carbocycles. The molecule has 9 N–H and O–H groups in total. The third kappa shape index (κ3) is 11.5. The molecule has 0 aromatic carbocycles. The molecule has 0 rings (SSSR count). The largest absolute Gasteiger partial charge is 0.481 e. The topological polar surface area (TPSA) is 231 Å². The standard InChI is InChI=1S/C15H25N5O8S/c1-29-3-2-7(16)13(25)20-8(5-12(23)24)14(26)18-6-11(22)19-9(15(27)28)4-10(17)21/h7-9H,2-6,16H2,1H3,(H2,17,21)(H,18,26)(H,19,22)(H,20,25)(H,23,24)(H,27,28). The number of amides is 4. The number of nitrogens with two attached hydrogens (primary N) is 2. The van der Waals surface area contributed by atoms with Gasteiger partial charge in [-0.05, 0) is 18.4 Å². The van der Waals surface area contributed by atoms with Gasteiger partial charge in [-0.2, -0.15) is 11.8 Å². The van der Waals surface area contributed by atoms with Crippen molar-refractivity contribution in [3.05, 3.63) is 0 Å². The molecule has 0 bridgehead atoms. The highest BCUT2D eigenvalue weighted by Crippen LogP contribution is 2.01. The molecule has 3 atom stereocenters. The van der Waals surface area contributed by atoms with Crippen molar-refractivity contribution in [1.29, 1.82) is 0 Å². The molecule has 0 aliphatic rings. The number of carboxylic acids is 2. The lowest BCUT2D eigenvalue weighted by Crippen LogP contribution is -2.54. The van der Waals surface area contributed by atoms with Gasteiger partial charge >= 0.3 is 11.9 Å². The molecule has 29 heavy (non-hydrogen) atoms. The Balaban J connectivity index is 4.82. The van der Waals surface area contributed by atoms with E-state index in [1.807, 2.05) is 11.6 Å². The van der Waals surface area contributed by atoms with Gasteiger partial charge in [-0.25, -0.2) is 4.79 Å². The summed E-state index contributed by atoms with van der Waals surface area (Å²) in [7, 11) is 0. The fraction of sp³-hybridized carbons (Fsp3) is 0.600. The van der Waals surface area contributed by atoms with Crippen LogP contribution in [0, 0.1) is 0 Å². The van der Waals surface area contributed by atoms with Crippen molar-refractivity contribution in [2.24, 2.45) is 11.5 Å². The van der Waals surface area contributed by atoms with E-state index in [1.54, 1.807) is 0 Å². The highest BCUT2D eigenvalue weighted by Gasteiger charge is 2.27. The van der Waals surface area contributed by atoms with E-state index >= 15 is 0 Å². The fourth-order valence-corrected chi connectivity index (χ4v) is 2.47. The van der Waals surface area contributed by atoms with Crippen LogP contribution in [-0.4, -0.2) is 82.5 Å². The van der Waals surface area contributed by atoms with Crippen molar-refractivity contribution >= 4 is 47.3 Å². The molecule has 164 valence electrons. The summed E-state index contributed by atoms with van der Waals surface area (Å²) in [4.78, 5) is 68.6. The van der Waals surface area contributed by atoms with Gasteiger partial charge in [-0.3, -0.25) is 24.0 Å². The van der Waals surface area contributed by atoms with Crippen molar-refractivity contribution in [3.8, 4) is 0 Å². The molecular formula is C15H25N5O8S. The number of nitrogens with one attached hydrogen (secondary N) is 3. The molecule has 14 heteroatoms. The number of hydrogen-bond donors (Lipinski definition) is 7. The zero-order chi connectivity index (χ0) is 22.6. The van der Waals surface area contributed by atoms with Crippen LogP contribution in [0.1, 0.15) is 19.3 Å². The predicted octanol–water partition coefficient (Wildman–Crippen LogP) is -3.41. The van der Waals surface area contributed by atoms with Crippen molar-refractivity contribution in [1.82, 2.24) is 16.0 Å². The highest BCUT2D eigenvalue weighted by molar-refractivity contribution is 7.98. The van der Waals surface area contributed by atoms with Crippen LogP contribution in [0.5, 0.6) is 0 Å². The Hall–Kier alpha value is -2.87. The van der Waals surface area contributed by atoms with Crippen LogP contribution in [0.25, 0.3) is 0 Å². The molecule has 0 aromatic heterocycles. The molecule has 4 amide bonds. The molecule has 0 saturated heterocycles. The summed E-state index contributed by atoms with van der Waals surface area (Å²) >= 11 is 1.46. The minimum Gasteiger partial charge on any atom is -0.481 e. The average Bonchev–Trinajstić information content (AvgIpc) is 2.61. The number of primary amides is 1. The van der Waals surface area contributed by atoms with Crippen LogP contribution in [-0.2, 0) is 28.8 Å². The zero-order valence-corrected chi connectivity index (χ0v) is 16.5. The van der Waals surface area contributed by atoms with Crippen LogP contribution in [0.4, 0.5) is 0 Å². The Morgan fingerprint density at radius 2 is 1.59 bits per heavy atom. The summed E-state index contributed by atoms with van der Waals surface area (Å²) in [6.45, 7) is -0.716. The summed E-state index contributed by atoms with van der Waals surface area (Å²) in [6, 6.07) is -4.02. The normalized spacial score (nSPS) is 13.4. The fourth-order valence-electron chi connectivity index (χ4n) is 1.98. The number of rotatable bonds is 14. The number of carbonyl (C=O) groups is 6. The van der Waals surface area contributed by atoms with Gasteiger partial charge in [-0.15, -0.1) is 0 Å². The van der Waals surface area contributed by atoms with Gasteiger partial charge in [-0.1, -0.05) is 0 Å². The first-order valence-corrected chi connectivity index (χ1v) is 9.72. The molecule has 0 spiro atoms. The molecule has 13 nitrogen and oxygen atoms in total. The second kappa shape index (κ2) is 13.3. The van der Waals surface area contributed by atoms with Crippen molar-refractivity contribution < 1.29 is 39.0 Å². The average molecular weight is 435 g/mol. The lowest BCUT2D eigenvalue weighted by molar-refractivity contribution is -0.143. The molecule has 0 aliphatic heterocycles. The van der Waals surface area contributed by atoms with Crippen LogP contribution in [0.2, 0.25) is 0 Å². The number of aliphatic carboxylic acids is 2. The number of hydrogen-bond acceptors (Lipinski definition) is 8. The molecule has 0 radical (unpaired) electrons. The smallest absolute Gasteiger partial charge is 0.326 e. The molecular weight excluding hydrogens is 410 g/mol. The molecule has 0 heterocycles. The van der Waals surface area contributed by atoms with Gasteiger partial charge in [0, 0.05) is 0 Å². The van der Waals surface area contributed by atoms with E-state index in [9.17, 15) is 28.8 Å². The SMILES string of the molecule is CSCCC(N)C(=O)NC(CC(=O)O)C(=O)NCC(=O)NC(CC(N)=O)C(=O)O. The quantitative estimate of drug-likeness (QED) is 0.143. The Labute approximate surface area is 170 Å². The molecule has 0 aromatic rings.